The first-order valence-corrected chi connectivity index (χ1v) is 7.06. The summed E-state index contributed by atoms with van der Waals surface area (Å²) in [5.74, 6) is 1.06. The number of amidine groups is 1. The molecule has 22 heavy (non-hydrogen) atoms. The molecule has 4 heteroatoms. The summed E-state index contributed by atoms with van der Waals surface area (Å²) in [4.78, 5) is 16.2. The zero-order valence-electron chi connectivity index (χ0n) is 12.2. The monoisotopic (exact) mass is 292 g/mol. The summed E-state index contributed by atoms with van der Waals surface area (Å²) >= 11 is 0. The fourth-order valence-corrected chi connectivity index (χ4v) is 2.07. The minimum atomic E-state index is -0.202. The number of carbonyl (C=O) groups excluding carboxylic acids is 1. The highest BCUT2D eigenvalue weighted by molar-refractivity contribution is 6.14. The van der Waals surface area contributed by atoms with E-state index in [9.17, 15) is 4.79 Å². The van der Waals surface area contributed by atoms with E-state index in [1.165, 1.54) is 5.56 Å². The number of benzene rings is 2. The van der Waals surface area contributed by atoms with Gasteiger partial charge in [0.2, 0.25) is 0 Å². The first-order chi connectivity index (χ1) is 10.7. The highest BCUT2D eigenvalue weighted by Gasteiger charge is 2.20. The quantitative estimate of drug-likeness (QED) is 0.881. The Labute approximate surface area is 129 Å². The van der Waals surface area contributed by atoms with Gasteiger partial charge >= 0.3 is 0 Å². The molecule has 0 radical (unpaired) electrons. The van der Waals surface area contributed by atoms with Crippen LogP contribution in [0.15, 0.2) is 65.3 Å². The lowest BCUT2D eigenvalue weighted by molar-refractivity contribution is -0.115. The zero-order valence-corrected chi connectivity index (χ0v) is 12.2. The number of aliphatic imine (C=N–C) groups is 1. The van der Waals surface area contributed by atoms with Crippen molar-refractivity contribution in [3.63, 3.8) is 0 Å². The number of carbonyl (C=O) groups is 1. The van der Waals surface area contributed by atoms with Crippen molar-refractivity contribution in [2.24, 2.45) is 4.99 Å². The van der Waals surface area contributed by atoms with Crippen LogP contribution in [0.25, 0.3) is 6.08 Å². The number of hydrogen-bond acceptors (Lipinski definition) is 3. The Morgan fingerprint density at radius 1 is 1.09 bits per heavy atom. The van der Waals surface area contributed by atoms with Crippen LogP contribution in [-0.4, -0.2) is 18.3 Å². The van der Waals surface area contributed by atoms with Crippen molar-refractivity contribution in [1.82, 2.24) is 5.32 Å². The molecule has 0 spiro atoms. The molecule has 0 fully saturated rings. The molecule has 0 atom stereocenters. The molecule has 1 aliphatic heterocycles. The number of ether oxygens (including phenoxy) is 1. The van der Waals surface area contributed by atoms with Crippen LogP contribution in [-0.2, 0) is 4.79 Å². The van der Waals surface area contributed by atoms with Gasteiger partial charge in [-0.1, -0.05) is 48.0 Å². The molecule has 4 nitrogen and oxygen atoms in total. The summed E-state index contributed by atoms with van der Waals surface area (Å²) in [6.07, 6.45) is 1.77. The maximum absolute atomic E-state index is 11.9. The largest absolute Gasteiger partial charge is 0.486 e. The normalized spacial score (nSPS) is 15.6. The maximum Gasteiger partial charge on any atom is 0.275 e. The second-order valence-electron chi connectivity index (χ2n) is 5.05. The van der Waals surface area contributed by atoms with E-state index in [0.29, 0.717) is 11.5 Å². The number of para-hydroxylation sites is 1. The number of aryl methyl sites for hydroxylation is 1. The van der Waals surface area contributed by atoms with Crippen LogP contribution in [0, 0.1) is 6.92 Å². The number of hydrogen-bond donors (Lipinski definition) is 1. The summed E-state index contributed by atoms with van der Waals surface area (Å²) in [5, 5.41) is 2.72. The summed E-state index contributed by atoms with van der Waals surface area (Å²) in [5.41, 5.74) is 2.53. The summed E-state index contributed by atoms with van der Waals surface area (Å²) in [6, 6.07) is 17.4. The smallest absolute Gasteiger partial charge is 0.275 e. The molecular weight excluding hydrogens is 276 g/mol. The first-order valence-electron chi connectivity index (χ1n) is 7.06. The van der Waals surface area contributed by atoms with Gasteiger partial charge in [-0.15, -0.1) is 0 Å². The summed E-state index contributed by atoms with van der Waals surface area (Å²) in [6.45, 7) is 2.26. The summed E-state index contributed by atoms with van der Waals surface area (Å²) < 4.78 is 5.58. The van der Waals surface area contributed by atoms with Crippen molar-refractivity contribution in [1.29, 1.82) is 0 Å². The van der Waals surface area contributed by atoms with Crippen LogP contribution < -0.4 is 10.1 Å². The average Bonchev–Trinajstić information content (AvgIpc) is 2.89. The fourth-order valence-electron chi connectivity index (χ4n) is 2.07. The number of nitrogens with one attached hydrogen (secondary N) is 1. The van der Waals surface area contributed by atoms with Gasteiger partial charge in [-0.25, -0.2) is 4.99 Å². The zero-order chi connectivity index (χ0) is 15.4. The molecular formula is C18H16N2O2. The molecule has 0 saturated heterocycles. The van der Waals surface area contributed by atoms with Crippen molar-refractivity contribution < 1.29 is 9.53 Å². The summed E-state index contributed by atoms with van der Waals surface area (Å²) in [7, 11) is 0. The van der Waals surface area contributed by atoms with Crippen molar-refractivity contribution in [3.05, 3.63) is 71.4 Å². The van der Waals surface area contributed by atoms with Gasteiger partial charge in [0.15, 0.2) is 0 Å². The van der Waals surface area contributed by atoms with E-state index in [2.05, 4.69) is 10.3 Å². The molecule has 1 amide bonds. The van der Waals surface area contributed by atoms with Crippen LogP contribution in [0.1, 0.15) is 11.1 Å². The molecule has 2 aromatic carbocycles. The Morgan fingerprint density at radius 3 is 2.55 bits per heavy atom. The average molecular weight is 292 g/mol. The van der Waals surface area contributed by atoms with Gasteiger partial charge in [-0.05, 0) is 30.7 Å². The first kappa shape index (κ1) is 14.1. The number of nitrogens with zero attached hydrogens (tertiary/aromatic N) is 1. The van der Waals surface area contributed by atoms with Gasteiger partial charge in [-0.2, -0.15) is 0 Å². The molecule has 1 heterocycles. The van der Waals surface area contributed by atoms with Crippen LogP contribution in [0.3, 0.4) is 0 Å². The maximum atomic E-state index is 11.9. The minimum Gasteiger partial charge on any atom is -0.486 e. The Hall–Kier alpha value is -2.88. The van der Waals surface area contributed by atoms with Gasteiger partial charge in [0.1, 0.15) is 23.9 Å². The Morgan fingerprint density at radius 2 is 1.82 bits per heavy atom. The standard InChI is InChI=1S/C18H16N2O2/c1-13-7-9-14(10-8-13)11-16-18(21)20-17(19-16)12-22-15-5-3-2-4-6-15/h2-11H,12H2,1H3,(H,19,20,21)/b16-11+. The van der Waals surface area contributed by atoms with E-state index in [1.807, 2.05) is 61.5 Å². The van der Waals surface area contributed by atoms with Crippen molar-refractivity contribution in [2.45, 2.75) is 6.92 Å². The number of amides is 1. The third-order valence-electron chi connectivity index (χ3n) is 3.25. The third kappa shape index (κ3) is 3.41. The second-order valence-corrected chi connectivity index (χ2v) is 5.05. The Kier molecular flexibility index (Phi) is 4.01. The predicted molar refractivity (Wildman–Crippen MR) is 86.7 cm³/mol. The highest BCUT2D eigenvalue weighted by atomic mass is 16.5. The molecule has 1 aliphatic rings. The van der Waals surface area contributed by atoms with E-state index in [4.69, 9.17) is 4.74 Å². The van der Waals surface area contributed by atoms with E-state index >= 15 is 0 Å². The van der Waals surface area contributed by atoms with E-state index in [0.717, 1.165) is 11.3 Å². The van der Waals surface area contributed by atoms with E-state index in [1.54, 1.807) is 6.08 Å². The van der Waals surface area contributed by atoms with Gasteiger partial charge in [-0.3, -0.25) is 4.79 Å². The van der Waals surface area contributed by atoms with Crippen LogP contribution in [0.4, 0.5) is 0 Å². The van der Waals surface area contributed by atoms with Crippen LogP contribution in [0.5, 0.6) is 5.75 Å². The lowest BCUT2D eigenvalue weighted by Crippen LogP contribution is -2.28. The molecule has 0 unspecified atom stereocenters. The fraction of sp³-hybridized carbons (Fsp3) is 0.111. The van der Waals surface area contributed by atoms with Crippen molar-refractivity contribution in [3.8, 4) is 5.75 Å². The third-order valence-corrected chi connectivity index (χ3v) is 3.25. The minimum absolute atomic E-state index is 0.202. The molecule has 0 aliphatic carbocycles. The van der Waals surface area contributed by atoms with Crippen molar-refractivity contribution in [2.75, 3.05) is 6.61 Å². The molecule has 2 aromatic rings. The lowest BCUT2D eigenvalue weighted by atomic mass is 10.1. The number of rotatable bonds is 4. The van der Waals surface area contributed by atoms with Crippen LogP contribution in [0.2, 0.25) is 0 Å². The molecule has 3 rings (SSSR count). The predicted octanol–water partition coefficient (Wildman–Crippen LogP) is 2.94. The lowest BCUT2D eigenvalue weighted by Gasteiger charge is -2.04. The molecule has 0 bridgehead atoms. The Bertz CT molecular complexity index is 731. The Balaban J connectivity index is 1.70. The molecule has 0 saturated carbocycles. The van der Waals surface area contributed by atoms with E-state index in [-0.39, 0.29) is 12.5 Å². The topological polar surface area (TPSA) is 50.7 Å². The molecule has 110 valence electrons. The molecule has 1 N–H and O–H groups in total. The molecule has 0 aromatic heterocycles. The SMILES string of the molecule is Cc1ccc(/C=C2/N=C(COc3ccccc3)NC2=O)cc1. The second kappa shape index (κ2) is 6.26. The van der Waals surface area contributed by atoms with Gasteiger partial charge < -0.3 is 10.1 Å². The van der Waals surface area contributed by atoms with E-state index < -0.39 is 0 Å². The van der Waals surface area contributed by atoms with Crippen LogP contribution >= 0.6 is 0 Å². The van der Waals surface area contributed by atoms with Gasteiger partial charge in [0.25, 0.3) is 5.91 Å². The van der Waals surface area contributed by atoms with Gasteiger partial charge in [0.05, 0.1) is 0 Å². The van der Waals surface area contributed by atoms with Crippen molar-refractivity contribution >= 4 is 17.8 Å². The highest BCUT2D eigenvalue weighted by Crippen LogP contribution is 2.14. The van der Waals surface area contributed by atoms with Gasteiger partial charge in [0, 0.05) is 0 Å².